The van der Waals surface area contributed by atoms with Crippen molar-refractivity contribution in [3.8, 4) is 5.75 Å². The maximum atomic E-state index is 14.7. The second-order valence-corrected chi connectivity index (χ2v) is 11.9. The van der Waals surface area contributed by atoms with E-state index in [-0.39, 0.29) is 25.0 Å². The number of carbonyl (C=O) groups is 2. The highest BCUT2D eigenvalue weighted by Gasteiger charge is 2.65. The highest BCUT2D eigenvalue weighted by molar-refractivity contribution is 5.85. The molecule has 4 rings (SSSR count). The smallest absolute Gasteiger partial charge is 0.432 e. The fourth-order valence-corrected chi connectivity index (χ4v) is 5.76. The van der Waals surface area contributed by atoms with Crippen LogP contribution in [0.1, 0.15) is 35.1 Å². The second kappa shape index (κ2) is 17.7. The number of hydrogen-bond acceptors (Lipinski definition) is 7. The fraction of sp³-hybridized carbons (Fsp3) is 0.300. The van der Waals surface area contributed by atoms with E-state index in [9.17, 15) is 35.9 Å². The molecule has 0 fully saturated rings. The predicted octanol–water partition coefficient (Wildman–Crippen LogP) is 8.76. The summed E-state index contributed by atoms with van der Waals surface area (Å²) in [6, 6.07) is 27.4. The van der Waals surface area contributed by atoms with E-state index in [1.165, 1.54) is 67.8 Å². The summed E-state index contributed by atoms with van der Waals surface area (Å²) in [5, 5.41) is 0. The largest absolute Gasteiger partial charge is 0.460 e. The molecule has 0 aromatic heterocycles. The number of rotatable bonds is 16. The van der Waals surface area contributed by atoms with E-state index in [2.05, 4.69) is 0 Å². The molecule has 0 bridgehead atoms. The Morgan fingerprint density at radius 2 is 1.11 bits per heavy atom. The van der Waals surface area contributed by atoms with E-state index in [0.29, 0.717) is 5.56 Å². The van der Waals surface area contributed by atoms with Gasteiger partial charge in [-0.2, -0.15) is 26.3 Å². The van der Waals surface area contributed by atoms with Crippen LogP contribution in [-0.4, -0.2) is 57.8 Å². The first kappa shape index (κ1) is 40.8. The molecule has 0 N–H and O–H groups in total. The van der Waals surface area contributed by atoms with Crippen LogP contribution in [0.15, 0.2) is 121 Å². The zero-order valence-corrected chi connectivity index (χ0v) is 29.0. The number of methoxy groups -OCH3 is 3. The van der Waals surface area contributed by atoms with Crippen molar-refractivity contribution in [3.05, 3.63) is 144 Å². The molecule has 0 aliphatic rings. The van der Waals surface area contributed by atoms with Gasteiger partial charge in [-0.15, -0.1) is 0 Å². The van der Waals surface area contributed by atoms with Crippen molar-refractivity contribution in [2.75, 3.05) is 21.3 Å². The van der Waals surface area contributed by atoms with Crippen LogP contribution in [0.2, 0.25) is 0 Å². The lowest BCUT2D eigenvalue weighted by Gasteiger charge is -2.34. The first-order chi connectivity index (χ1) is 25.2. The normalized spacial score (nSPS) is 15.6. The molecule has 0 aliphatic carbocycles. The molecule has 0 aliphatic heterocycles. The minimum Gasteiger partial charge on any atom is -0.460 e. The van der Waals surface area contributed by atoms with E-state index < -0.39 is 58.8 Å². The number of esters is 2. The van der Waals surface area contributed by atoms with Crippen molar-refractivity contribution in [2.24, 2.45) is 0 Å². The van der Waals surface area contributed by atoms with Gasteiger partial charge in [0.25, 0.3) is 11.2 Å². The van der Waals surface area contributed by atoms with E-state index >= 15 is 0 Å². The number of aryl methyl sites for hydroxylation is 1. The SMILES string of the molecule is CO[C@H](/C=C/c1ccccc1)C[C@H](CCc1ccc(OC(=O)[C@@](OC)(c2ccccc2)C(F)(F)F)cc1)OC(=O)[C@@](OC)(c1ccccc1)C(F)(F)F. The molecule has 0 saturated heterocycles. The van der Waals surface area contributed by atoms with Gasteiger partial charge in [-0.3, -0.25) is 0 Å². The van der Waals surface area contributed by atoms with E-state index in [1.54, 1.807) is 12.2 Å². The molecular formula is C40H38F6O7. The fourth-order valence-electron chi connectivity index (χ4n) is 5.76. The molecular weight excluding hydrogens is 706 g/mol. The quantitative estimate of drug-likeness (QED) is 0.0645. The number of benzene rings is 4. The van der Waals surface area contributed by atoms with Crippen molar-refractivity contribution in [1.82, 2.24) is 0 Å². The highest BCUT2D eigenvalue weighted by Crippen LogP contribution is 2.44. The summed E-state index contributed by atoms with van der Waals surface area (Å²) in [5.41, 5.74) is -6.37. The lowest BCUT2D eigenvalue weighted by molar-refractivity contribution is -0.278. The number of halogens is 6. The number of ether oxygens (including phenoxy) is 5. The maximum absolute atomic E-state index is 14.7. The number of carbonyl (C=O) groups excluding carboxylic acids is 2. The standard InChI is InChI=1S/C40H38F6O7/c1-49-33(25-21-28-13-7-4-8-14-28)27-34(53-36(48)38(51-3,40(44,45)46)31-17-11-6-12-18-31)26-22-29-19-23-32(24-20-29)52-35(47)37(50-2,39(41,42)43)30-15-9-5-10-16-30/h4-21,23-25,33-34H,22,26-27H2,1-3H3/b25-21+/t33-,34+,37+,38+/m1/s1. The summed E-state index contributed by atoms with van der Waals surface area (Å²) in [6.07, 6.45) is -8.62. The maximum Gasteiger partial charge on any atom is 0.432 e. The van der Waals surface area contributed by atoms with Crippen LogP contribution in [0.25, 0.3) is 6.08 Å². The van der Waals surface area contributed by atoms with Crippen LogP contribution in [0.4, 0.5) is 26.3 Å². The molecule has 0 spiro atoms. The Morgan fingerprint density at radius 3 is 1.57 bits per heavy atom. The van der Waals surface area contributed by atoms with E-state index in [4.69, 9.17) is 23.7 Å². The Hall–Kier alpha value is -4.98. The van der Waals surface area contributed by atoms with Gasteiger partial charge in [-0.25, -0.2) is 9.59 Å². The van der Waals surface area contributed by atoms with E-state index in [1.807, 2.05) is 30.3 Å². The second-order valence-electron chi connectivity index (χ2n) is 11.9. The third-order valence-corrected chi connectivity index (χ3v) is 8.61. The van der Waals surface area contributed by atoms with Gasteiger partial charge >= 0.3 is 24.3 Å². The van der Waals surface area contributed by atoms with Crippen LogP contribution in [-0.2, 0) is 46.2 Å². The van der Waals surface area contributed by atoms with E-state index in [0.717, 1.165) is 44.0 Å². The molecule has 4 atom stereocenters. The van der Waals surface area contributed by atoms with Crippen molar-refractivity contribution >= 4 is 18.0 Å². The van der Waals surface area contributed by atoms with Gasteiger partial charge < -0.3 is 23.7 Å². The minimum atomic E-state index is -5.20. The first-order valence-electron chi connectivity index (χ1n) is 16.3. The summed E-state index contributed by atoms with van der Waals surface area (Å²) in [7, 11) is 2.94. The molecule has 53 heavy (non-hydrogen) atoms. The Bertz CT molecular complexity index is 1780. The molecule has 4 aromatic rings. The highest BCUT2D eigenvalue weighted by atomic mass is 19.4. The summed E-state index contributed by atoms with van der Waals surface area (Å²) < 4.78 is 113. The molecule has 13 heteroatoms. The van der Waals surface area contributed by atoms with Gasteiger partial charge in [-0.05, 0) is 36.1 Å². The lowest BCUT2D eigenvalue weighted by atomic mass is 9.92. The van der Waals surface area contributed by atoms with Crippen LogP contribution in [0.5, 0.6) is 5.75 Å². The van der Waals surface area contributed by atoms with Gasteiger partial charge in [0.1, 0.15) is 11.9 Å². The summed E-state index contributed by atoms with van der Waals surface area (Å²) in [5.74, 6) is -3.60. The molecule has 282 valence electrons. The first-order valence-corrected chi connectivity index (χ1v) is 16.3. The van der Waals surface area contributed by atoms with Gasteiger partial charge in [0.05, 0.1) is 6.10 Å². The molecule has 4 aromatic carbocycles. The Balaban J connectivity index is 1.57. The van der Waals surface area contributed by atoms with Crippen molar-refractivity contribution in [2.45, 2.75) is 55.0 Å². The van der Waals surface area contributed by atoms with Crippen molar-refractivity contribution in [1.29, 1.82) is 0 Å². The Morgan fingerprint density at radius 1 is 0.642 bits per heavy atom. The van der Waals surface area contributed by atoms with Crippen molar-refractivity contribution < 1.29 is 59.6 Å². The van der Waals surface area contributed by atoms with Gasteiger partial charge in [-0.1, -0.05) is 115 Å². The third-order valence-electron chi connectivity index (χ3n) is 8.61. The topological polar surface area (TPSA) is 80.3 Å². The molecule has 7 nitrogen and oxygen atoms in total. The van der Waals surface area contributed by atoms with Crippen LogP contribution >= 0.6 is 0 Å². The van der Waals surface area contributed by atoms with Gasteiger partial charge in [0.2, 0.25) is 0 Å². The summed E-state index contributed by atoms with van der Waals surface area (Å²) in [6.45, 7) is 0. The predicted molar refractivity (Wildman–Crippen MR) is 184 cm³/mol. The number of hydrogen-bond donors (Lipinski definition) is 0. The average molecular weight is 745 g/mol. The molecule has 0 heterocycles. The molecule has 0 saturated carbocycles. The summed E-state index contributed by atoms with van der Waals surface area (Å²) >= 11 is 0. The average Bonchev–Trinajstić information content (AvgIpc) is 3.14. The van der Waals surface area contributed by atoms with Crippen molar-refractivity contribution in [3.63, 3.8) is 0 Å². The molecule has 0 unspecified atom stereocenters. The lowest BCUT2D eigenvalue weighted by Crippen LogP contribution is -2.52. The zero-order chi connectivity index (χ0) is 38.7. The molecule has 0 amide bonds. The summed E-state index contributed by atoms with van der Waals surface area (Å²) in [4.78, 5) is 26.6. The number of alkyl halides is 6. The third kappa shape index (κ3) is 9.34. The zero-order valence-electron chi connectivity index (χ0n) is 29.0. The van der Waals surface area contributed by atoms with Gasteiger partial charge in [0, 0.05) is 38.9 Å². The Labute approximate surface area is 303 Å². The minimum absolute atomic E-state index is 0.00518. The van der Waals surface area contributed by atoms with Gasteiger partial charge in [0.15, 0.2) is 0 Å². The monoisotopic (exact) mass is 744 g/mol. The molecule has 0 radical (unpaired) electrons. The van der Waals surface area contributed by atoms with Crippen LogP contribution < -0.4 is 4.74 Å². The Kier molecular flexibility index (Phi) is 13.6. The van der Waals surface area contributed by atoms with Crippen LogP contribution in [0, 0.1) is 0 Å². The van der Waals surface area contributed by atoms with Crippen LogP contribution in [0.3, 0.4) is 0 Å².